The molecule has 0 radical (unpaired) electrons. The molecule has 0 fully saturated rings. The van der Waals surface area contributed by atoms with Crippen molar-refractivity contribution in [1.82, 2.24) is 9.88 Å². The second-order valence-electron chi connectivity index (χ2n) is 8.35. The summed E-state index contributed by atoms with van der Waals surface area (Å²) >= 11 is 1.62. The zero-order chi connectivity index (χ0) is 24.8. The number of rotatable bonds is 8. The Balaban J connectivity index is 1.57. The van der Waals surface area contributed by atoms with Crippen LogP contribution in [-0.4, -0.2) is 29.2 Å². The van der Waals surface area contributed by atoms with Crippen LogP contribution in [0.15, 0.2) is 88.6 Å². The SMILES string of the molecule is CCc1ccc(CCNC(=O)c2cc3ccccc3n(C(=O)Cc3ccc(SC)cc3)c2=O)cc1. The zero-order valence-corrected chi connectivity index (χ0v) is 20.7. The highest BCUT2D eigenvalue weighted by molar-refractivity contribution is 7.98. The molecule has 5 nitrogen and oxygen atoms in total. The summed E-state index contributed by atoms with van der Waals surface area (Å²) in [5, 5.41) is 3.51. The van der Waals surface area contributed by atoms with Crippen molar-refractivity contribution >= 4 is 34.5 Å². The minimum Gasteiger partial charge on any atom is -0.352 e. The van der Waals surface area contributed by atoms with Crippen LogP contribution in [0.1, 0.15) is 38.8 Å². The fourth-order valence-corrected chi connectivity index (χ4v) is 4.43. The van der Waals surface area contributed by atoms with Gasteiger partial charge < -0.3 is 5.32 Å². The van der Waals surface area contributed by atoms with Gasteiger partial charge in [-0.05, 0) is 65.4 Å². The van der Waals surface area contributed by atoms with Gasteiger partial charge in [0.25, 0.3) is 11.5 Å². The standard InChI is InChI=1S/C29H28N2O3S/c1-3-20-8-10-21(11-9-20)16-17-30-28(33)25-19-23-6-4-5-7-26(23)31(29(25)34)27(32)18-22-12-14-24(35-2)15-13-22/h4-15,19H,3,16-18H2,1-2H3,(H,30,33). The quantitative estimate of drug-likeness (QED) is 0.352. The minimum atomic E-state index is -0.598. The lowest BCUT2D eigenvalue weighted by molar-refractivity contribution is 0.0914. The van der Waals surface area contributed by atoms with E-state index in [1.165, 1.54) is 5.56 Å². The normalized spacial score (nSPS) is 10.9. The van der Waals surface area contributed by atoms with Crippen LogP contribution in [0.4, 0.5) is 0 Å². The lowest BCUT2D eigenvalue weighted by atomic mass is 10.1. The molecule has 1 heterocycles. The molecule has 0 atom stereocenters. The summed E-state index contributed by atoms with van der Waals surface area (Å²) < 4.78 is 1.14. The predicted octanol–water partition coefficient (Wildman–Crippen LogP) is 5.14. The topological polar surface area (TPSA) is 68.2 Å². The van der Waals surface area contributed by atoms with Gasteiger partial charge in [-0.3, -0.25) is 14.4 Å². The summed E-state index contributed by atoms with van der Waals surface area (Å²) in [7, 11) is 0. The van der Waals surface area contributed by atoms with Gasteiger partial charge in [-0.25, -0.2) is 4.57 Å². The van der Waals surface area contributed by atoms with E-state index in [0.29, 0.717) is 23.9 Å². The van der Waals surface area contributed by atoms with Crippen LogP contribution in [0.25, 0.3) is 10.9 Å². The minimum absolute atomic E-state index is 0.0314. The number of amides is 1. The number of hydrogen-bond donors (Lipinski definition) is 1. The second-order valence-corrected chi connectivity index (χ2v) is 9.23. The molecule has 0 spiro atoms. The number of pyridine rings is 1. The van der Waals surface area contributed by atoms with Crippen molar-refractivity contribution in [2.24, 2.45) is 0 Å². The summed E-state index contributed by atoms with van der Waals surface area (Å²) in [6.07, 6.45) is 3.69. The van der Waals surface area contributed by atoms with Crippen molar-refractivity contribution in [3.05, 3.63) is 111 Å². The Morgan fingerprint density at radius 1 is 0.886 bits per heavy atom. The van der Waals surface area contributed by atoms with Crippen LogP contribution < -0.4 is 10.9 Å². The summed E-state index contributed by atoms with van der Waals surface area (Å²) in [5.41, 5.74) is 3.05. The molecule has 0 bridgehead atoms. The Morgan fingerprint density at radius 3 is 2.23 bits per heavy atom. The van der Waals surface area contributed by atoms with Crippen molar-refractivity contribution < 1.29 is 9.59 Å². The Labute approximate surface area is 209 Å². The molecular weight excluding hydrogens is 456 g/mol. The monoisotopic (exact) mass is 484 g/mol. The maximum atomic E-state index is 13.3. The lowest BCUT2D eigenvalue weighted by Gasteiger charge is -2.12. The molecule has 0 saturated carbocycles. The van der Waals surface area contributed by atoms with Gasteiger partial charge >= 0.3 is 0 Å². The van der Waals surface area contributed by atoms with Gasteiger partial charge in [0, 0.05) is 11.4 Å². The number of carbonyl (C=O) groups is 2. The number of aryl methyl sites for hydroxylation is 1. The number of nitrogens with zero attached hydrogens (tertiary/aromatic N) is 1. The first-order valence-electron chi connectivity index (χ1n) is 11.7. The molecule has 4 aromatic rings. The van der Waals surface area contributed by atoms with Gasteiger partial charge in [0.2, 0.25) is 5.91 Å². The van der Waals surface area contributed by atoms with Gasteiger partial charge in [0.1, 0.15) is 5.56 Å². The van der Waals surface area contributed by atoms with E-state index in [4.69, 9.17) is 0 Å². The molecule has 4 rings (SSSR count). The molecule has 178 valence electrons. The summed E-state index contributed by atoms with van der Waals surface area (Å²) in [6.45, 7) is 2.50. The van der Waals surface area contributed by atoms with E-state index in [1.54, 1.807) is 36.0 Å². The first-order valence-corrected chi connectivity index (χ1v) is 12.9. The van der Waals surface area contributed by atoms with E-state index in [1.807, 2.05) is 36.6 Å². The van der Waals surface area contributed by atoms with Crippen LogP contribution in [0.5, 0.6) is 0 Å². The van der Waals surface area contributed by atoms with E-state index in [-0.39, 0.29) is 17.9 Å². The largest absolute Gasteiger partial charge is 0.352 e. The van der Waals surface area contributed by atoms with Crippen molar-refractivity contribution in [1.29, 1.82) is 0 Å². The van der Waals surface area contributed by atoms with Gasteiger partial charge in [-0.1, -0.05) is 61.5 Å². The molecule has 1 amide bonds. The lowest BCUT2D eigenvalue weighted by Crippen LogP contribution is -2.36. The number of fused-ring (bicyclic) bond motifs is 1. The Bertz CT molecular complexity index is 1410. The van der Waals surface area contributed by atoms with Crippen LogP contribution in [0.2, 0.25) is 0 Å². The molecule has 0 aliphatic rings. The fraction of sp³-hybridized carbons (Fsp3) is 0.207. The first kappa shape index (κ1) is 24.5. The Kier molecular flexibility index (Phi) is 7.83. The predicted molar refractivity (Wildman–Crippen MR) is 143 cm³/mol. The molecule has 35 heavy (non-hydrogen) atoms. The highest BCUT2D eigenvalue weighted by Crippen LogP contribution is 2.17. The molecule has 0 unspecified atom stereocenters. The number of benzene rings is 3. The molecule has 1 N–H and O–H groups in total. The third kappa shape index (κ3) is 5.72. The molecular formula is C29H28N2O3S. The number of para-hydroxylation sites is 1. The van der Waals surface area contributed by atoms with Crippen LogP contribution in [-0.2, 0) is 19.3 Å². The molecule has 0 aliphatic carbocycles. The van der Waals surface area contributed by atoms with Crippen LogP contribution >= 0.6 is 11.8 Å². The number of nitrogens with one attached hydrogen (secondary N) is 1. The average Bonchev–Trinajstić information content (AvgIpc) is 2.89. The maximum absolute atomic E-state index is 13.3. The van der Waals surface area contributed by atoms with Gasteiger partial charge in [0.15, 0.2) is 0 Å². The highest BCUT2D eigenvalue weighted by Gasteiger charge is 2.19. The van der Waals surface area contributed by atoms with E-state index < -0.39 is 11.5 Å². The van der Waals surface area contributed by atoms with Crippen LogP contribution in [0, 0.1) is 0 Å². The third-order valence-corrected chi connectivity index (χ3v) is 6.79. The summed E-state index contributed by atoms with van der Waals surface area (Å²) in [6, 6.07) is 24.7. The number of carbonyl (C=O) groups excluding carboxylic acids is 2. The third-order valence-electron chi connectivity index (χ3n) is 6.05. The number of aromatic nitrogens is 1. The van der Waals surface area contributed by atoms with E-state index in [2.05, 4.69) is 36.5 Å². The molecule has 3 aromatic carbocycles. The highest BCUT2D eigenvalue weighted by atomic mass is 32.2. The summed E-state index contributed by atoms with van der Waals surface area (Å²) in [5.74, 6) is -0.842. The Hall–Kier alpha value is -3.64. The maximum Gasteiger partial charge on any atom is 0.270 e. The van der Waals surface area contributed by atoms with Crippen molar-refractivity contribution in [2.75, 3.05) is 12.8 Å². The number of thioether (sulfide) groups is 1. The van der Waals surface area contributed by atoms with Crippen LogP contribution in [0.3, 0.4) is 0 Å². The fourth-order valence-electron chi connectivity index (χ4n) is 4.02. The van der Waals surface area contributed by atoms with E-state index in [9.17, 15) is 14.4 Å². The van der Waals surface area contributed by atoms with E-state index >= 15 is 0 Å². The molecule has 0 aliphatic heterocycles. The van der Waals surface area contributed by atoms with E-state index in [0.717, 1.165) is 27.0 Å². The number of hydrogen-bond acceptors (Lipinski definition) is 4. The second kappa shape index (κ2) is 11.2. The smallest absolute Gasteiger partial charge is 0.270 e. The van der Waals surface area contributed by atoms with Crippen molar-refractivity contribution in [3.63, 3.8) is 0 Å². The molecule has 0 saturated heterocycles. The van der Waals surface area contributed by atoms with Crippen molar-refractivity contribution in [3.8, 4) is 0 Å². The van der Waals surface area contributed by atoms with Crippen molar-refractivity contribution in [2.45, 2.75) is 31.1 Å². The zero-order valence-electron chi connectivity index (χ0n) is 19.9. The van der Waals surface area contributed by atoms with Gasteiger partial charge in [-0.2, -0.15) is 0 Å². The molecule has 1 aromatic heterocycles. The average molecular weight is 485 g/mol. The van der Waals surface area contributed by atoms with Gasteiger partial charge in [-0.15, -0.1) is 11.8 Å². The first-order chi connectivity index (χ1) is 17.0. The van der Waals surface area contributed by atoms with Gasteiger partial charge in [0.05, 0.1) is 11.9 Å². The Morgan fingerprint density at radius 2 is 1.54 bits per heavy atom. The molecule has 6 heteroatoms. The summed E-state index contributed by atoms with van der Waals surface area (Å²) in [4.78, 5) is 40.7.